The molecule has 2 saturated heterocycles. The van der Waals surface area contributed by atoms with Crippen LogP contribution in [0.4, 0.5) is 0 Å². The van der Waals surface area contributed by atoms with Crippen LogP contribution in [0, 0.1) is 5.92 Å². The average molecular weight is 277 g/mol. The standard InChI is InChI=1S/C16H23NO3/c1-18-15-4-2-3-13(9-12-5-7-17-8-6-12)16(15)20-14-10-19-11-14/h2-4,12,14,17H,5-11H2,1H3. The SMILES string of the molecule is COc1cccc(CC2CCNCC2)c1OC1COC1. The summed E-state index contributed by atoms with van der Waals surface area (Å²) in [5.41, 5.74) is 1.27. The van der Waals surface area contributed by atoms with Gasteiger partial charge in [0, 0.05) is 0 Å². The van der Waals surface area contributed by atoms with Crippen molar-refractivity contribution >= 4 is 0 Å². The molecular weight excluding hydrogens is 254 g/mol. The summed E-state index contributed by atoms with van der Waals surface area (Å²) < 4.78 is 16.7. The second-order valence-electron chi connectivity index (χ2n) is 5.62. The molecule has 0 aliphatic carbocycles. The van der Waals surface area contributed by atoms with Crippen LogP contribution in [0.1, 0.15) is 18.4 Å². The third kappa shape index (κ3) is 3.07. The number of nitrogens with one attached hydrogen (secondary N) is 1. The first-order chi connectivity index (χ1) is 9.86. The van der Waals surface area contributed by atoms with E-state index in [0.717, 1.165) is 36.9 Å². The molecule has 0 radical (unpaired) electrons. The lowest BCUT2D eigenvalue weighted by molar-refractivity contribution is -0.0807. The molecule has 2 aliphatic rings. The van der Waals surface area contributed by atoms with E-state index in [1.54, 1.807) is 7.11 Å². The molecule has 110 valence electrons. The fourth-order valence-corrected chi connectivity index (χ4v) is 2.86. The van der Waals surface area contributed by atoms with E-state index in [-0.39, 0.29) is 6.10 Å². The molecule has 4 heteroatoms. The maximum absolute atomic E-state index is 6.08. The van der Waals surface area contributed by atoms with Crippen LogP contribution in [0.2, 0.25) is 0 Å². The van der Waals surface area contributed by atoms with Crippen LogP contribution in [-0.4, -0.2) is 39.5 Å². The molecule has 0 atom stereocenters. The van der Waals surface area contributed by atoms with Crippen molar-refractivity contribution < 1.29 is 14.2 Å². The summed E-state index contributed by atoms with van der Waals surface area (Å²) in [4.78, 5) is 0. The van der Waals surface area contributed by atoms with Gasteiger partial charge in [-0.3, -0.25) is 0 Å². The van der Waals surface area contributed by atoms with Gasteiger partial charge >= 0.3 is 0 Å². The highest BCUT2D eigenvalue weighted by Gasteiger charge is 2.24. The zero-order valence-electron chi connectivity index (χ0n) is 12.1. The van der Waals surface area contributed by atoms with Gasteiger partial charge in [0.15, 0.2) is 11.5 Å². The Labute approximate surface area is 120 Å². The van der Waals surface area contributed by atoms with Gasteiger partial charge in [-0.15, -0.1) is 0 Å². The first-order valence-corrected chi connectivity index (χ1v) is 7.48. The van der Waals surface area contributed by atoms with E-state index in [9.17, 15) is 0 Å². The molecule has 0 saturated carbocycles. The molecule has 2 fully saturated rings. The van der Waals surface area contributed by atoms with E-state index in [2.05, 4.69) is 17.4 Å². The second-order valence-corrected chi connectivity index (χ2v) is 5.62. The van der Waals surface area contributed by atoms with Gasteiger partial charge in [0.25, 0.3) is 0 Å². The van der Waals surface area contributed by atoms with Crippen LogP contribution >= 0.6 is 0 Å². The monoisotopic (exact) mass is 277 g/mol. The lowest BCUT2D eigenvalue weighted by Gasteiger charge is -2.29. The molecule has 3 rings (SSSR count). The van der Waals surface area contributed by atoms with E-state index in [1.165, 1.54) is 18.4 Å². The maximum Gasteiger partial charge on any atom is 0.165 e. The minimum atomic E-state index is 0.179. The minimum Gasteiger partial charge on any atom is -0.493 e. The largest absolute Gasteiger partial charge is 0.493 e. The van der Waals surface area contributed by atoms with Crippen molar-refractivity contribution in [2.75, 3.05) is 33.4 Å². The first-order valence-electron chi connectivity index (χ1n) is 7.48. The summed E-state index contributed by atoms with van der Waals surface area (Å²) in [7, 11) is 1.70. The third-order valence-corrected chi connectivity index (χ3v) is 4.14. The number of hydrogen-bond acceptors (Lipinski definition) is 4. The first kappa shape index (κ1) is 13.7. The van der Waals surface area contributed by atoms with E-state index in [0.29, 0.717) is 13.2 Å². The molecule has 1 aromatic rings. The number of benzene rings is 1. The zero-order chi connectivity index (χ0) is 13.8. The van der Waals surface area contributed by atoms with Crippen LogP contribution < -0.4 is 14.8 Å². The van der Waals surface area contributed by atoms with Crippen LogP contribution in [0.15, 0.2) is 18.2 Å². The highest BCUT2D eigenvalue weighted by Crippen LogP contribution is 2.35. The van der Waals surface area contributed by atoms with E-state index in [4.69, 9.17) is 14.2 Å². The summed E-state index contributed by atoms with van der Waals surface area (Å²) in [6.07, 6.45) is 3.73. The van der Waals surface area contributed by atoms with E-state index in [1.807, 2.05) is 6.07 Å². The number of piperidine rings is 1. The van der Waals surface area contributed by atoms with Gasteiger partial charge in [0.2, 0.25) is 0 Å². The second kappa shape index (κ2) is 6.46. The van der Waals surface area contributed by atoms with Crippen LogP contribution in [0.3, 0.4) is 0 Å². The Kier molecular flexibility index (Phi) is 4.43. The summed E-state index contributed by atoms with van der Waals surface area (Å²) in [6, 6.07) is 6.19. The molecule has 1 N–H and O–H groups in total. The molecule has 0 amide bonds. The Morgan fingerprint density at radius 2 is 2.05 bits per heavy atom. The van der Waals surface area contributed by atoms with Crippen molar-refractivity contribution in [3.05, 3.63) is 23.8 Å². The Morgan fingerprint density at radius 3 is 2.70 bits per heavy atom. The molecule has 1 aromatic carbocycles. The molecule has 20 heavy (non-hydrogen) atoms. The summed E-state index contributed by atoms with van der Waals surface area (Å²) >= 11 is 0. The summed E-state index contributed by atoms with van der Waals surface area (Å²) in [5, 5.41) is 3.42. The van der Waals surface area contributed by atoms with Gasteiger partial charge in [-0.1, -0.05) is 12.1 Å². The summed E-state index contributed by atoms with van der Waals surface area (Å²) in [5.74, 6) is 2.49. The zero-order valence-corrected chi connectivity index (χ0v) is 12.1. The molecule has 0 bridgehead atoms. The van der Waals surface area contributed by atoms with Crippen molar-refractivity contribution in [3.63, 3.8) is 0 Å². The average Bonchev–Trinajstić information content (AvgIpc) is 2.45. The van der Waals surface area contributed by atoms with Gasteiger partial charge in [-0.25, -0.2) is 0 Å². The van der Waals surface area contributed by atoms with Crippen LogP contribution in [0.25, 0.3) is 0 Å². The highest BCUT2D eigenvalue weighted by molar-refractivity contribution is 5.47. The van der Waals surface area contributed by atoms with Crippen molar-refractivity contribution in [1.82, 2.24) is 5.32 Å². The van der Waals surface area contributed by atoms with Crippen molar-refractivity contribution in [2.45, 2.75) is 25.4 Å². The molecule has 0 unspecified atom stereocenters. The fraction of sp³-hybridized carbons (Fsp3) is 0.625. The fourth-order valence-electron chi connectivity index (χ4n) is 2.86. The predicted molar refractivity (Wildman–Crippen MR) is 77.5 cm³/mol. The highest BCUT2D eigenvalue weighted by atomic mass is 16.6. The maximum atomic E-state index is 6.08. The lowest BCUT2D eigenvalue weighted by atomic mass is 9.90. The van der Waals surface area contributed by atoms with Crippen molar-refractivity contribution in [2.24, 2.45) is 5.92 Å². The Bertz CT molecular complexity index is 439. The molecule has 4 nitrogen and oxygen atoms in total. The number of para-hydroxylation sites is 1. The third-order valence-electron chi connectivity index (χ3n) is 4.14. The number of ether oxygens (including phenoxy) is 3. The smallest absolute Gasteiger partial charge is 0.165 e. The van der Waals surface area contributed by atoms with Gasteiger partial charge in [-0.05, 0) is 49.9 Å². The van der Waals surface area contributed by atoms with Crippen molar-refractivity contribution in [3.8, 4) is 11.5 Å². The lowest BCUT2D eigenvalue weighted by Crippen LogP contribution is -2.39. The number of hydrogen-bond donors (Lipinski definition) is 1. The molecule has 2 aliphatic heterocycles. The van der Waals surface area contributed by atoms with Gasteiger partial charge in [0.1, 0.15) is 6.10 Å². The predicted octanol–water partition coefficient (Wildman–Crippen LogP) is 2.01. The van der Waals surface area contributed by atoms with Gasteiger partial charge in [0.05, 0.1) is 20.3 Å². The quantitative estimate of drug-likeness (QED) is 0.894. The van der Waals surface area contributed by atoms with Gasteiger partial charge in [-0.2, -0.15) is 0 Å². The van der Waals surface area contributed by atoms with E-state index < -0.39 is 0 Å². The molecule has 0 spiro atoms. The Balaban J connectivity index is 1.76. The van der Waals surface area contributed by atoms with E-state index >= 15 is 0 Å². The molecule has 2 heterocycles. The molecule has 0 aromatic heterocycles. The minimum absolute atomic E-state index is 0.179. The topological polar surface area (TPSA) is 39.7 Å². The Morgan fingerprint density at radius 1 is 1.25 bits per heavy atom. The number of methoxy groups -OCH3 is 1. The van der Waals surface area contributed by atoms with Crippen LogP contribution in [0.5, 0.6) is 11.5 Å². The van der Waals surface area contributed by atoms with Crippen molar-refractivity contribution in [1.29, 1.82) is 0 Å². The van der Waals surface area contributed by atoms with Gasteiger partial charge < -0.3 is 19.5 Å². The van der Waals surface area contributed by atoms with Crippen LogP contribution in [-0.2, 0) is 11.2 Å². The Hall–Kier alpha value is -1.26. The number of rotatable bonds is 5. The molecular formula is C16H23NO3. The normalized spacial score (nSPS) is 20.4. The summed E-state index contributed by atoms with van der Waals surface area (Å²) in [6.45, 7) is 3.62.